The molecule has 0 amide bonds. The van der Waals surface area contributed by atoms with E-state index in [0.29, 0.717) is 6.54 Å². The second-order valence-corrected chi connectivity index (χ2v) is 5.48. The van der Waals surface area contributed by atoms with E-state index in [9.17, 15) is 9.90 Å². The van der Waals surface area contributed by atoms with Gasteiger partial charge in [0.05, 0.1) is 12.2 Å². The van der Waals surface area contributed by atoms with Gasteiger partial charge in [0.2, 0.25) is 0 Å². The molecule has 1 aromatic carbocycles. The largest absolute Gasteiger partial charge is 0.484 e. The van der Waals surface area contributed by atoms with Crippen LogP contribution in [0.25, 0.3) is 0 Å². The van der Waals surface area contributed by atoms with Crippen LogP contribution in [0.2, 0.25) is 0 Å². The summed E-state index contributed by atoms with van der Waals surface area (Å²) in [6.07, 6.45) is 0. The highest BCUT2D eigenvalue weighted by atomic mass is 16.5. The number of hydrogen-bond donors (Lipinski definition) is 1. The number of hydrogen-bond acceptors (Lipinski definition) is 3. The molecule has 1 aromatic rings. The molecule has 18 heavy (non-hydrogen) atoms. The molecule has 1 heterocycles. The fourth-order valence-corrected chi connectivity index (χ4v) is 2.24. The smallest absolute Gasteiger partial charge is 0.326 e. The second kappa shape index (κ2) is 4.19. The number of carbonyl (C=O) groups is 1. The summed E-state index contributed by atoms with van der Waals surface area (Å²) < 4.78 is 5.90. The summed E-state index contributed by atoms with van der Waals surface area (Å²) in [7, 11) is 0. The normalized spacial score (nSPS) is 18.8. The summed E-state index contributed by atoms with van der Waals surface area (Å²) in [6, 6.07) is 5.30. The predicted octanol–water partition coefficient (Wildman–Crippen LogP) is 2.45. The van der Waals surface area contributed by atoms with Crippen LogP contribution in [0.5, 0.6) is 5.75 Å². The van der Waals surface area contributed by atoms with Crippen LogP contribution in [-0.4, -0.2) is 29.3 Å². The first kappa shape index (κ1) is 12.7. The van der Waals surface area contributed by atoms with E-state index in [2.05, 4.69) is 0 Å². The van der Waals surface area contributed by atoms with Crippen molar-refractivity contribution in [2.24, 2.45) is 0 Å². The number of aliphatic carboxylic acids is 1. The molecule has 0 saturated carbocycles. The Labute approximate surface area is 107 Å². The standard InChI is InChI=1S/C14H19NO3/c1-9-5-6-12-11(7-9)15(10(2)13(16)17)8-14(3,4)18-12/h5-7,10H,8H2,1-4H3,(H,16,17). The number of ether oxygens (including phenoxy) is 1. The van der Waals surface area contributed by atoms with Gasteiger partial charge in [0, 0.05) is 0 Å². The summed E-state index contributed by atoms with van der Waals surface area (Å²) in [5.41, 5.74) is 1.58. The van der Waals surface area contributed by atoms with Crippen molar-refractivity contribution in [2.45, 2.75) is 39.3 Å². The monoisotopic (exact) mass is 249 g/mol. The Morgan fingerprint density at radius 2 is 2.17 bits per heavy atom. The lowest BCUT2D eigenvalue weighted by Crippen LogP contribution is -2.52. The SMILES string of the molecule is Cc1ccc2c(c1)N(C(C)C(=O)O)CC(C)(C)O2. The van der Waals surface area contributed by atoms with E-state index >= 15 is 0 Å². The van der Waals surface area contributed by atoms with Crippen LogP contribution in [0.3, 0.4) is 0 Å². The fourth-order valence-electron chi connectivity index (χ4n) is 2.24. The van der Waals surface area contributed by atoms with E-state index < -0.39 is 12.0 Å². The minimum absolute atomic E-state index is 0.383. The van der Waals surface area contributed by atoms with E-state index in [1.165, 1.54) is 0 Å². The summed E-state index contributed by atoms with van der Waals surface area (Å²) >= 11 is 0. The number of carboxylic acid groups (broad SMARTS) is 1. The van der Waals surface area contributed by atoms with Crippen molar-refractivity contribution < 1.29 is 14.6 Å². The van der Waals surface area contributed by atoms with E-state index in [-0.39, 0.29) is 5.60 Å². The zero-order valence-electron chi connectivity index (χ0n) is 11.2. The number of nitrogens with zero attached hydrogens (tertiary/aromatic N) is 1. The van der Waals surface area contributed by atoms with Gasteiger partial charge < -0.3 is 14.7 Å². The van der Waals surface area contributed by atoms with Crippen LogP contribution in [-0.2, 0) is 4.79 Å². The van der Waals surface area contributed by atoms with Crippen molar-refractivity contribution >= 4 is 11.7 Å². The molecule has 1 aliphatic rings. The van der Waals surface area contributed by atoms with E-state index in [1.54, 1.807) is 6.92 Å². The van der Waals surface area contributed by atoms with Gasteiger partial charge in [-0.1, -0.05) is 6.07 Å². The highest BCUT2D eigenvalue weighted by molar-refractivity contribution is 5.79. The molecule has 98 valence electrons. The summed E-state index contributed by atoms with van der Waals surface area (Å²) in [6.45, 7) is 8.20. The van der Waals surface area contributed by atoms with Gasteiger partial charge >= 0.3 is 5.97 Å². The lowest BCUT2D eigenvalue weighted by molar-refractivity contribution is -0.138. The maximum absolute atomic E-state index is 11.2. The minimum atomic E-state index is -0.819. The van der Waals surface area contributed by atoms with Crippen molar-refractivity contribution in [1.82, 2.24) is 0 Å². The molecule has 0 aromatic heterocycles. The van der Waals surface area contributed by atoms with E-state index in [4.69, 9.17) is 4.74 Å². The molecular formula is C14H19NO3. The summed E-state index contributed by atoms with van der Waals surface area (Å²) in [4.78, 5) is 13.1. The highest BCUT2D eigenvalue weighted by Crippen LogP contribution is 2.38. The first-order valence-corrected chi connectivity index (χ1v) is 6.09. The molecule has 1 N–H and O–H groups in total. The molecule has 4 heteroatoms. The zero-order valence-corrected chi connectivity index (χ0v) is 11.2. The third kappa shape index (κ3) is 2.28. The number of fused-ring (bicyclic) bond motifs is 1. The molecule has 1 unspecified atom stereocenters. The van der Waals surface area contributed by atoms with Crippen LogP contribution in [0.15, 0.2) is 18.2 Å². The van der Waals surface area contributed by atoms with Gasteiger partial charge in [-0.3, -0.25) is 0 Å². The van der Waals surface area contributed by atoms with Gasteiger partial charge in [-0.2, -0.15) is 0 Å². The number of anilines is 1. The summed E-state index contributed by atoms with van der Waals surface area (Å²) in [5.74, 6) is -0.0647. The second-order valence-electron chi connectivity index (χ2n) is 5.48. The molecule has 1 aliphatic heterocycles. The van der Waals surface area contributed by atoms with Crippen molar-refractivity contribution in [1.29, 1.82) is 0 Å². The third-order valence-corrected chi connectivity index (χ3v) is 3.19. The number of rotatable bonds is 2. The fraction of sp³-hybridized carbons (Fsp3) is 0.500. The number of carboxylic acids is 1. The first-order chi connectivity index (χ1) is 8.30. The van der Waals surface area contributed by atoms with Crippen molar-refractivity contribution in [3.05, 3.63) is 23.8 Å². The predicted molar refractivity (Wildman–Crippen MR) is 70.3 cm³/mol. The molecule has 4 nitrogen and oxygen atoms in total. The van der Waals surface area contributed by atoms with E-state index in [1.807, 2.05) is 43.9 Å². The third-order valence-electron chi connectivity index (χ3n) is 3.19. The van der Waals surface area contributed by atoms with Crippen LogP contribution in [0.1, 0.15) is 26.3 Å². The molecule has 0 radical (unpaired) electrons. The van der Waals surface area contributed by atoms with Crippen LogP contribution in [0.4, 0.5) is 5.69 Å². The van der Waals surface area contributed by atoms with Crippen molar-refractivity contribution in [3.8, 4) is 5.75 Å². The first-order valence-electron chi connectivity index (χ1n) is 6.09. The van der Waals surface area contributed by atoms with E-state index in [0.717, 1.165) is 17.0 Å². The molecule has 0 bridgehead atoms. The Kier molecular flexibility index (Phi) is 2.97. The molecule has 0 spiro atoms. The molecule has 0 fully saturated rings. The average Bonchev–Trinajstić information content (AvgIpc) is 2.27. The average molecular weight is 249 g/mol. The Morgan fingerprint density at radius 1 is 1.50 bits per heavy atom. The zero-order chi connectivity index (χ0) is 13.5. The highest BCUT2D eigenvalue weighted by Gasteiger charge is 2.35. The Hall–Kier alpha value is -1.71. The van der Waals surface area contributed by atoms with Crippen molar-refractivity contribution in [2.75, 3.05) is 11.4 Å². The van der Waals surface area contributed by atoms with Gasteiger partial charge in [-0.15, -0.1) is 0 Å². The Bertz CT molecular complexity index is 482. The lowest BCUT2D eigenvalue weighted by atomic mass is 10.0. The van der Waals surface area contributed by atoms with Gasteiger partial charge in [0.25, 0.3) is 0 Å². The topological polar surface area (TPSA) is 49.8 Å². The maximum atomic E-state index is 11.2. The maximum Gasteiger partial charge on any atom is 0.326 e. The lowest BCUT2D eigenvalue weighted by Gasteiger charge is -2.42. The quantitative estimate of drug-likeness (QED) is 0.874. The van der Waals surface area contributed by atoms with Crippen molar-refractivity contribution in [3.63, 3.8) is 0 Å². The summed E-state index contributed by atoms with van der Waals surface area (Å²) in [5, 5.41) is 9.22. The Morgan fingerprint density at radius 3 is 2.78 bits per heavy atom. The van der Waals surface area contributed by atoms with Crippen LogP contribution in [0, 0.1) is 6.92 Å². The Balaban J connectivity index is 2.48. The number of benzene rings is 1. The van der Waals surface area contributed by atoms with Gasteiger partial charge in [0.1, 0.15) is 17.4 Å². The molecular weight excluding hydrogens is 230 g/mol. The molecule has 0 saturated heterocycles. The van der Waals surface area contributed by atoms with Gasteiger partial charge in [0.15, 0.2) is 0 Å². The van der Waals surface area contributed by atoms with Crippen LogP contribution < -0.4 is 9.64 Å². The molecule has 1 atom stereocenters. The molecule has 2 rings (SSSR count). The van der Waals surface area contributed by atoms with Gasteiger partial charge in [-0.25, -0.2) is 4.79 Å². The minimum Gasteiger partial charge on any atom is -0.484 e. The van der Waals surface area contributed by atoms with Gasteiger partial charge in [-0.05, 0) is 45.4 Å². The molecule has 0 aliphatic carbocycles. The number of aryl methyl sites for hydroxylation is 1. The van der Waals surface area contributed by atoms with Crippen LogP contribution >= 0.6 is 0 Å².